The van der Waals surface area contributed by atoms with Crippen molar-refractivity contribution in [1.29, 1.82) is 0 Å². The summed E-state index contributed by atoms with van der Waals surface area (Å²) in [6, 6.07) is 11.2. The molecule has 2 rings (SSSR count). The van der Waals surface area contributed by atoms with Gasteiger partial charge in [-0.15, -0.1) is 0 Å². The maximum absolute atomic E-state index is 12.3. The fourth-order valence-electron chi connectivity index (χ4n) is 1.79. The van der Waals surface area contributed by atoms with Crippen molar-refractivity contribution in [3.8, 4) is 11.5 Å². The van der Waals surface area contributed by atoms with Crippen LogP contribution in [0, 0.1) is 0 Å². The maximum Gasteiger partial charge on any atom is 0.387 e. The third kappa shape index (κ3) is 3.97. The summed E-state index contributed by atoms with van der Waals surface area (Å²) in [6.45, 7) is -6.43. The van der Waals surface area contributed by atoms with Gasteiger partial charge in [-0.05, 0) is 18.2 Å². The second-order valence-corrected chi connectivity index (χ2v) is 4.11. The molecule has 0 radical (unpaired) electrons. The van der Waals surface area contributed by atoms with Crippen molar-refractivity contribution in [3.63, 3.8) is 0 Å². The smallest absolute Gasteiger partial charge is 0.387 e. The molecule has 0 bridgehead atoms. The molecule has 0 spiro atoms. The quantitative estimate of drug-likeness (QED) is 0.594. The molecule has 22 heavy (non-hydrogen) atoms. The van der Waals surface area contributed by atoms with Crippen molar-refractivity contribution in [2.75, 3.05) is 0 Å². The number of ether oxygens (including phenoxy) is 2. The zero-order chi connectivity index (χ0) is 16.1. The Morgan fingerprint density at radius 3 is 1.95 bits per heavy atom. The van der Waals surface area contributed by atoms with E-state index in [4.69, 9.17) is 0 Å². The Labute approximate surface area is 123 Å². The summed E-state index contributed by atoms with van der Waals surface area (Å²) in [5, 5.41) is 0. The summed E-state index contributed by atoms with van der Waals surface area (Å²) in [7, 11) is 0. The van der Waals surface area contributed by atoms with Gasteiger partial charge in [-0.3, -0.25) is 4.79 Å². The molecule has 0 N–H and O–H groups in total. The normalized spacial score (nSPS) is 10.8. The van der Waals surface area contributed by atoms with E-state index in [-0.39, 0.29) is 5.56 Å². The Bertz CT molecular complexity index is 644. The van der Waals surface area contributed by atoms with Crippen LogP contribution in [0.4, 0.5) is 17.6 Å². The number of hydrogen-bond acceptors (Lipinski definition) is 3. The standard InChI is InChI=1S/C15H10F4O3/c16-14(17)21-11-7-6-10(8-12(11)22-15(18)19)13(20)9-4-2-1-3-5-9/h1-8,14-15H. The molecule has 0 heterocycles. The zero-order valence-corrected chi connectivity index (χ0v) is 11.0. The molecule has 0 aromatic heterocycles. The predicted octanol–water partition coefficient (Wildman–Crippen LogP) is 4.12. The number of halogens is 4. The first kappa shape index (κ1) is 15.8. The molecule has 0 atom stereocenters. The van der Waals surface area contributed by atoms with E-state index in [9.17, 15) is 22.4 Å². The summed E-state index contributed by atoms with van der Waals surface area (Å²) in [6.07, 6.45) is 0. The highest BCUT2D eigenvalue weighted by Crippen LogP contribution is 2.31. The SMILES string of the molecule is O=C(c1ccccc1)c1ccc(OC(F)F)c(OC(F)F)c1. The number of ketones is 1. The largest absolute Gasteiger partial charge is 0.431 e. The molecule has 0 aliphatic heterocycles. The topological polar surface area (TPSA) is 35.5 Å². The van der Waals surface area contributed by atoms with Gasteiger partial charge in [-0.1, -0.05) is 30.3 Å². The van der Waals surface area contributed by atoms with Crippen LogP contribution >= 0.6 is 0 Å². The summed E-state index contributed by atoms with van der Waals surface area (Å²) in [4.78, 5) is 12.2. The van der Waals surface area contributed by atoms with E-state index in [1.165, 1.54) is 6.07 Å². The lowest BCUT2D eigenvalue weighted by Gasteiger charge is -2.12. The molecular weight excluding hydrogens is 304 g/mol. The van der Waals surface area contributed by atoms with Crippen molar-refractivity contribution >= 4 is 5.78 Å². The average molecular weight is 314 g/mol. The summed E-state index contributed by atoms with van der Waals surface area (Å²) >= 11 is 0. The second kappa shape index (κ2) is 6.93. The predicted molar refractivity (Wildman–Crippen MR) is 69.6 cm³/mol. The molecule has 0 aliphatic rings. The van der Waals surface area contributed by atoms with Crippen LogP contribution in [0.15, 0.2) is 48.5 Å². The fourth-order valence-corrected chi connectivity index (χ4v) is 1.79. The Morgan fingerprint density at radius 2 is 1.36 bits per heavy atom. The van der Waals surface area contributed by atoms with Crippen LogP contribution in [0.1, 0.15) is 15.9 Å². The third-order valence-electron chi connectivity index (χ3n) is 2.67. The Morgan fingerprint density at radius 1 is 0.773 bits per heavy atom. The molecule has 0 saturated carbocycles. The molecular formula is C15H10F4O3. The van der Waals surface area contributed by atoms with Crippen molar-refractivity contribution in [2.45, 2.75) is 13.2 Å². The van der Waals surface area contributed by atoms with E-state index in [2.05, 4.69) is 9.47 Å². The summed E-state index contributed by atoms with van der Waals surface area (Å²) in [5.74, 6) is -1.65. The lowest BCUT2D eigenvalue weighted by Crippen LogP contribution is -2.09. The van der Waals surface area contributed by atoms with Gasteiger partial charge in [0.2, 0.25) is 0 Å². The van der Waals surface area contributed by atoms with E-state index in [1.54, 1.807) is 30.3 Å². The highest BCUT2D eigenvalue weighted by Gasteiger charge is 2.18. The van der Waals surface area contributed by atoms with Gasteiger partial charge in [-0.2, -0.15) is 17.6 Å². The molecule has 0 fully saturated rings. The van der Waals surface area contributed by atoms with Crippen molar-refractivity contribution in [3.05, 3.63) is 59.7 Å². The van der Waals surface area contributed by atoms with Gasteiger partial charge in [-0.25, -0.2) is 0 Å². The highest BCUT2D eigenvalue weighted by atomic mass is 19.3. The molecule has 0 saturated heterocycles. The van der Waals surface area contributed by atoms with Crippen LogP contribution in [-0.4, -0.2) is 19.0 Å². The summed E-state index contributed by atoms with van der Waals surface area (Å²) in [5.41, 5.74) is 0.344. The van der Waals surface area contributed by atoms with Crippen LogP contribution in [0.5, 0.6) is 11.5 Å². The Kier molecular flexibility index (Phi) is 4.98. The minimum atomic E-state index is -3.23. The molecule has 2 aromatic carbocycles. The number of benzene rings is 2. The van der Waals surface area contributed by atoms with Crippen LogP contribution in [0.25, 0.3) is 0 Å². The van der Waals surface area contributed by atoms with Crippen LogP contribution in [-0.2, 0) is 0 Å². The Balaban J connectivity index is 2.35. The monoisotopic (exact) mass is 314 g/mol. The van der Waals surface area contributed by atoms with E-state index < -0.39 is 30.5 Å². The van der Waals surface area contributed by atoms with Crippen LogP contribution in [0.3, 0.4) is 0 Å². The number of rotatable bonds is 6. The second-order valence-electron chi connectivity index (χ2n) is 4.11. The molecule has 3 nitrogen and oxygen atoms in total. The first-order valence-corrected chi connectivity index (χ1v) is 6.11. The Hall–Kier alpha value is -2.57. The van der Waals surface area contributed by atoms with Gasteiger partial charge in [0.25, 0.3) is 0 Å². The van der Waals surface area contributed by atoms with E-state index >= 15 is 0 Å². The van der Waals surface area contributed by atoms with Gasteiger partial charge < -0.3 is 9.47 Å². The van der Waals surface area contributed by atoms with E-state index in [1.807, 2.05) is 0 Å². The third-order valence-corrected chi connectivity index (χ3v) is 2.67. The van der Waals surface area contributed by atoms with E-state index in [0.29, 0.717) is 5.56 Å². The van der Waals surface area contributed by atoms with Crippen molar-refractivity contribution in [1.82, 2.24) is 0 Å². The van der Waals surface area contributed by atoms with Gasteiger partial charge >= 0.3 is 13.2 Å². The van der Waals surface area contributed by atoms with Crippen LogP contribution in [0.2, 0.25) is 0 Å². The zero-order valence-electron chi connectivity index (χ0n) is 11.0. The number of carbonyl (C=O) groups excluding carboxylic acids is 1. The van der Waals surface area contributed by atoms with Crippen molar-refractivity contribution in [2.24, 2.45) is 0 Å². The average Bonchev–Trinajstić information content (AvgIpc) is 2.48. The molecule has 7 heteroatoms. The van der Waals surface area contributed by atoms with Gasteiger partial charge in [0.05, 0.1) is 0 Å². The lowest BCUT2D eigenvalue weighted by molar-refractivity contribution is -0.0692. The molecule has 0 unspecified atom stereocenters. The lowest BCUT2D eigenvalue weighted by atomic mass is 10.0. The fraction of sp³-hybridized carbons (Fsp3) is 0.133. The number of alkyl halides is 4. The molecule has 116 valence electrons. The van der Waals surface area contributed by atoms with Crippen LogP contribution < -0.4 is 9.47 Å². The molecule has 0 aliphatic carbocycles. The van der Waals surface area contributed by atoms with Gasteiger partial charge in [0.1, 0.15) is 0 Å². The minimum absolute atomic E-state index is 0.0171. The maximum atomic E-state index is 12.3. The summed E-state index contributed by atoms with van der Waals surface area (Å²) < 4.78 is 57.4. The first-order valence-electron chi connectivity index (χ1n) is 6.11. The van der Waals surface area contributed by atoms with Gasteiger partial charge in [0, 0.05) is 11.1 Å². The minimum Gasteiger partial charge on any atom is -0.431 e. The number of hydrogen-bond donors (Lipinski definition) is 0. The number of carbonyl (C=O) groups is 1. The molecule has 0 amide bonds. The molecule has 2 aromatic rings. The van der Waals surface area contributed by atoms with E-state index in [0.717, 1.165) is 12.1 Å². The van der Waals surface area contributed by atoms with Crippen molar-refractivity contribution < 1.29 is 31.8 Å². The highest BCUT2D eigenvalue weighted by molar-refractivity contribution is 6.09. The first-order chi connectivity index (χ1) is 10.5. The van der Waals surface area contributed by atoms with Gasteiger partial charge in [0.15, 0.2) is 17.3 Å².